The molecule has 1 aliphatic carbocycles. The first-order valence-electron chi connectivity index (χ1n) is 9.75. The molecule has 0 N–H and O–H groups in total. The van der Waals surface area contributed by atoms with Gasteiger partial charge in [-0.1, -0.05) is 33.1 Å². The van der Waals surface area contributed by atoms with E-state index in [1.807, 2.05) is 6.92 Å². The molecule has 5 aliphatic rings. The van der Waals surface area contributed by atoms with Gasteiger partial charge >= 0.3 is 5.97 Å². The standard InChI is InChI=1S/C19H30O5/c1-4-5-6-7-13-15-9-8-12(2)14-10-11-18(3)22-17(21-16(13)20)19(14,15)24-23-18/h12-15,17H,4-11H2,1-3H3/t12-,13+,14+,15+,17-,18+,19-/m1/s1. The van der Waals surface area contributed by atoms with Gasteiger partial charge in [0.2, 0.25) is 12.1 Å². The number of unbranched alkanes of at least 4 members (excludes halogenated alkanes) is 2. The van der Waals surface area contributed by atoms with Gasteiger partial charge in [-0.05, 0) is 38.5 Å². The molecular formula is C19H30O5. The van der Waals surface area contributed by atoms with Crippen molar-refractivity contribution in [2.45, 2.75) is 89.8 Å². The van der Waals surface area contributed by atoms with Crippen molar-refractivity contribution in [1.29, 1.82) is 0 Å². The predicted octanol–water partition coefficient (Wildman–Crippen LogP) is 3.96. The number of hydrogen-bond acceptors (Lipinski definition) is 5. The summed E-state index contributed by atoms with van der Waals surface area (Å²) in [7, 11) is 0. The van der Waals surface area contributed by atoms with Gasteiger partial charge in [0.25, 0.3) is 0 Å². The minimum absolute atomic E-state index is 0.0857. The zero-order valence-corrected chi connectivity index (χ0v) is 15.1. The molecule has 5 rings (SSSR count). The Kier molecular flexibility index (Phi) is 4.17. The van der Waals surface area contributed by atoms with E-state index in [1.54, 1.807) is 0 Å². The summed E-state index contributed by atoms with van der Waals surface area (Å²) in [6, 6.07) is 0. The average Bonchev–Trinajstić information content (AvgIpc) is 2.78. The van der Waals surface area contributed by atoms with E-state index in [-0.39, 0.29) is 17.8 Å². The number of carbonyl (C=O) groups excluding carboxylic acids is 1. The zero-order valence-electron chi connectivity index (χ0n) is 15.1. The Bertz CT molecular complexity index is 508. The molecule has 1 saturated carbocycles. The quantitative estimate of drug-likeness (QED) is 0.441. The fourth-order valence-corrected chi connectivity index (χ4v) is 5.55. The lowest BCUT2D eigenvalue weighted by Gasteiger charge is -2.58. The summed E-state index contributed by atoms with van der Waals surface area (Å²) < 4.78 is 12.0. The highest BCUT2D eigenvalue weighted by atomic mass is 17.3. The topological polar surface area (TPSA) is 54.0 Å². The largest absolute Gasteiger partial charge is 0.432 e. The van der Waals surface area contributed by atoms with Crippen LogP contribution in [0.5, 0.6) is 0 Å². The minimum Gasteiger partial charge on any atom is -0.432 e. The Morgan fingerprint density at radius 2 is 1.96 bits per heavy atom. The average molecular weight is 338 g/mol. The Morgan fingerprint density at radius 1 is 1.12 bits per heavy atom. The molecule has 5 fully saturated rings. The monoisotopic (exact) mass is 338 g/mol. The number of rotatable bonds is 4. The summed E-state index contributed by atoms with van der Waals surface area (Å²) in [6.07, 6.45) is 7.55. The maximum Gasteiger partial charge on any atom is 0.311 e. The van der Waals surface area contributed by atoms with Crippen LogP contribution in [0.2, 0.25) is 0 Å². The highest BCUT2D eigenvalue weighted by Crippen LogP contribution is 2.60. The van der Waals surface area contributed by atoms with E-state index in [1.165, 1.54) is 0 Å². The van der Waals surface area contributed by atoms with Crippen molar-refractivity contribution in [3.8, 4) is 0 Å². The predicted molar refractivity (Wildman–Crippen MR) is 86.5 cm³/mol. The SMILES string of the molecule is CCCCC[C@@H]1C(=O)O[C@@H]2O[C@]3(C)CC[C@H]4[C@H](C)CC[C@@H]1[C@@]24OO3. The number of fused-ring (bicyclic) bond motifs is 2. The summed E-state index contributed by atoms with van der Waals surface area (Å²) in [4.78, 5) is 24.6. The molecule has 136 valence electrons. The molecule has 2 bridgehead atoms. The minimum atomic E-state index is -0.799. The first-order valence-corrected chi connectivity index (χ1v) is 9.75. The van der Waals surface area contributed by atoms with E-state index in [4.69, 9.17) is 19.2 Å². The van der Waals surface area contributed by atoms with Crippen molar-refractivity contribution in [2.24, 2.45) is 23.7 Å². The van der Waals surface area contributed by atoms with Crippen LogP contribution in [0, 0.1) is 23.7 Å². The molecule has 4 aliphatic heterocycles. The van der Waals surface area contributed by atoms with Crippen molar-refractivity contribution >= 4 is 5.97 Å². The molecule has 24 heavy (non-hydrogen) atoms. The lowest BCUT2D eigenvalue weighted by Crippen LogP contribution is -2.70. The second-order valence-corrected chi connectivity index (χ2v) is 8.45. The van der Waals surface area contributed by atoms with Crippen LogP contribution in [0.3, 0.4) is 0 Å². The van der Waals surface area contributed by atoms with Gasteiger partial charge in [0.1, 0.15) is 0 Å². The van der Waals surface area contributed by atoms with Crippen LogP contribution in [-0.2, 0) is 24.0 Å². The lowest BCUT2D eigenvalue weighted by atomic mass is 9.57. The molecule has 0 unspecified atom stereocenters. The van der Waals surface area contributed by atoms with E-state index in [0.29, 0.717) is 11.8 Å². The number of ether oxygens (including phenoxy) is 2. The molecule has 1 spiro atoms. The van der Waals surface area contributed by atoms with Crippen molar-refractivity contribution in [1.82, 2.24) is 0 Å². The third-order valence-corrected chi connectivity index (χ3v) is 6.91. The van der Waals surface area contributed by atoms with Gasteiger partial charge in [0, 0.05) is 18.3 Å². The van der Waals surface area contributed by atoms with E-state index < -0.39 is 17.7 Å². The zero-order chi connectivity index (χ0) is 16.9. The van der Waals surface area contributed by atoms with E-state index >= 15 is 0 Å². The normalized spacial score (nSPS) is 50.1. The molecule has 0 amide bonds. The van der Waals surface area contributed by atoms with Gasteiger partial charge in [0.05, 0.1) is 5.92 Å². The molecule has 0 aromatic heterocycles. The smallest absolute Gasteiger partial charge is 0.311 e. The summed E-state index contributed by atoms with van der Waals surface area (Å²) in [5.74, 6) is 0.0193. The maximum atomic E-state index is 12.7. The van der Waals surface area contributed by atoms with Crippen molar-refractivity contribution in [3.05, 3.63) is 0 Å². The Labute approximate surface area is 144 Å². The highest BCUT2D eigenvalue weighted by Gasteiger charge is 2.70. The second kappa shape index (κ2) is 5.96. The Balaban J connectivity index is 1.69. The fraction of sp³-hybridized carbons (Fsp3) is 0.947. The summed E-state index contributed by atoms with van der Waals surface area (Å²) in [5, 5.41) is 0. The van der Waals surface area contributed by atoms with Gasteiger partial charge in [-0.3, -0.25) is 4.79 Å². The summed E-state index contributed by atoms with van der Waals surface area (Å²) in [6.45, 7) is 6.36. The molecule has 0 aromatic carbocycles. The molecule has 5 heteroatoms. The van der Waals surface area contributed by atoms with Crippen molar-refractivity contribution in [2.75, 3.05) is 0 Å². The first-order chi connectivity index (χ1) is 11.5. The second-order valence-electron chi connectivity index (χ2n) is 8.45. The van der Waals surface area contributed by atoms with E-state index in [9.17, 15) is 4.79 Å². The van der Waals surface area contributed by atoms with Crippen molar-refractivity contribution < 1.29 is 24.0 Å². The molecule has 7 atom stereocenters. The highest BCUT2D eigenvalue weighted by molar-refractivity contribution is 5.74. The van der Waals surface area contributed by atoms with Crippen LogP contribution in [0.1, 0.15) is 72.1 Å². The first kappa shape index (κ1) is 16.8. The number of esters is 1. The summed E-state index contributed by atoms with van der Waals surface area (Å²) >= 11 is 0. The van der Waals surface area contributed by atoms with Gasteiger partial charge in [-0.15, -0.1) is 0 Å². The van der Waals surface area contributed by atoms with Crippen LogP contribution in [0.4, 0.5) is 0 Å². The van der Waals surface area contributed by atoms with Crippen LogP contribution >= 0.6 is 0 Å². The van der Waals surface area contributed by atoms with Gasteiger partial charge in [-0.25, -0.2) is 9.78 Å². The van der Waals surface area contributed by atoms with Crippen LogP contribution in [0.15, 0.2) is 0 Å². The van der Waals surface area contributed by atoms with E-state index in [0.717, 1.165) is 51.4 Å². The van der Waals surface area contributed by atoms with Crippen LogP contribution in [0.25, 0.3) is 0 Å². The van der Waals surface area contributed by atoms with Crippen LogP contribution < -0.4 is 0 Å². The summed E-state index contributed by atoms with van der Waals surface area (Å²) in [5.41, 5.74) is -0.613. The third kappa shape index (κ3) is 2.35. The number of carbonyl (C=O) groups is 1. The lowest BCUT2D eigenvalue weighted by molar-refractivity contribution is -0.559. The molecule has 4 saturated heterocycles. The molecule has 0 radical (unpaired) electrons. The fourth-order valence-electron chi connectivity index (χ4n) is 5.55. The van der Waals surface area contributed by atoms with Crippen LogP contribution in [-0.4, -0.2) is 23.6 Å². The number of hydrogen-bond donors (Lipinski definition) is 0. The van der Waals surface area contributed by atoms with Gasteiger partial charge < -0.3 is 9.47 Å². The molecule has 0 aromatic rings. The maximum absolute atomic E-state index is 12.7. The van der Waals surface area contributed by atoms with E-state index in [2.05, 4.69) is 13.8 Å². The van der Waals surface area contributed by atoms with Gasteiger partial charge in [-0.2, -0.15) is 0 Å². The molecule has 4 heterocycles. The molecule has 5 nitrogen and oxygen atoms in total. The van der Waals surface area contributed by atoms with Gasteiger partial charge in [0.15, 0.2) is 5.60 Å². The third-order valence-electron chi connectivity index (χ3n) is 6.91. The Morgan fingerprint density at radius 3 is 2.75 bits per heavy atom. The Hall–Kier alpha value is -0.650. The molecular weight excluding hydrogens is 308 g/mol. The van der Waals surface area contributed by atoms with Crippen molar-refractivity contribution in [3.63, 3.8) is 0 Å².